The Bertz CT molecular complexity index is 388. The third-order valence-electron chi connectivity index (χ3n) is 2.02. The standard InChI is InChI=1S/C7H8F8O3S/c8-5(9,3-1-2-4-6(10,11)12)7(13,14)19(16,17)18-15/h1-4H2. The van der Waals surface area contributed by atoms with Crippen molar-refractivity contribution in [1.82, 2.24) is 0 Å². The van der Waals surface area contributed by atoms with Crippen LogP contribution in [0.4, 0.5) is 35.3 Å². The van der Waals surface area contributed by atoms with Crippen LogP contribution >= 0.6 is 0 Å². The van der Waals surface area contributed by atoms with E-state index < -0.39 is 53.2 Å². The molecule has 0 aromatic carbocycles. The van der Waals surface area contributed by atoms with Crippen molar-refractivity contribution in [2.24, 2.45) is 0 Å². The Labute approximate surface area is 102 Å². The summed E-state index contributed by atoms with van der Waals surface area (Å²) in [5.41, 5.74) is 0. The molecule has 0 bridgehead atoms. The molecule has 0 aliphatic carbocycles. The van der Waals surface area contributed by atoms with E-state index in [0.717, 1.165) is 0 Å². The van der Waals surface area contributed by atoms with Crippen LogP contribution < -0.4 is 0 Å². The molecule has 0 radical (unpaired) electrons. The molecule has 116 valence electrons. The SMILES string of the molecule is O=S(=O)(OF)C(F)(F)C(F)(F)CCCCC(F)(F)F. The Morgan fingerprint density at radius 2 is 1.26 bits per heavy atom. The van der Waals surface area contributed by atoms with E-state index in [1.54, 1.807) is 0 Å². The maximum absolute atomic E-state index is 12.8. The molecule has 0 fully saturated rings. The van der Waals surface area contributed by atoms with Gasteiger partial charge in [-0.1, -0.05) is 4.39 Å². The lowest BCUT2D eigenvalue weighted by molar-refractivity contribution is -0.174. The summed E-state index contributed by atoms with van der Waals surface area (Å²) in [5.74, 6) is -5.25. The largest absolute Gasteiger partial charge is 0.434 e. The fraction of sp³-hybridized carbons (Fsp3) is 1.00. The first-order valence-electron chi connectivity index (χ1n) is 4.64. The summed E-state index contributed by atoms with van der Waals surface area (Å²) in [6.45, 7) is 0. The maximum atomic E-state index is 12.8. The summed E-state index contributed by atoms with van der Waals surface area (Å²) in [6, 6.07) is 0. The lowest BCUT2D eigenvalue weighted by atomic mass is 10.1. The van der Waals surface area contributed by atoms with Gasteiger partial charge in [0.1, 0.15) is 0 Å². The third kappa shape index (κ3) is 4.75. The molecular formula is C7H8F8O3S. The summed E-state index contributed by atoms with van der Waals surface area (Å²) >= 11 is 0. The third-order valence-corrected chi connectivity index (χ3v) is 3.12. The summed E-state index contributed by atoms with van der Waals surface area (Å²) in [7, 11) is -6.49. The number of rotatable bonds is 7. The molecule has 0 aliphatic rings. The van der Waals surface area contributed by atoms with Crippen LogP contribution in [0.1, 0.15) is 25.7 Å². The Kier molecular flexibility index (Phi) is 5.57. The predicted octanol–water partition coefficient (Wildman–Crippen LogP) is 3.57. The Morgan fingerprint density at radius 1 is 0.842 bits per heavy atom. The van der Waals surface area contributed by atoms with E-state index >= 15 is 0 Å². The van der Waals surface area contributed by atoms with Crippen molar-refractivity contribution in [1.29, 1.82) is 0 Å². The molecule has 0 unspecified atom stereocenters. The van der Waals surface area contributed by atoms with E-state index in [0.29, 0.717) is 0 Å². The summed E-state index contributed by atoms with van der Waals surface area (Å²) < 4.78 is 120. The normalized spacial score (nSPS) is 14.7. The van der Waals surface area contributed by atoms with Gasteiger partial charge in [0.05, 0.1) is 0 Å². The molecule has 0 amide bonds. The van der Waals surface area contributed by atoms with Crippen LogP contribution in [0.3, 0.4) is 0 Å². The molecule has 3 nitrogen and oxygen atoms in total. The summed E-state index contributed by atoms with van der Waals surface area (Å²) in [5, 5.41) is -5.87. The van der Waals surface area contributed by atoms with Gasteiger partial charge >= 0.3 is 27.5 Å². The fourth-order valence-electron chi connectivity index (χ4n) is 1.04. The molecule has 0 heterocycles. The lowest BCUT2D eigenvalue weighted by Gasteiger charge is -2.23. The molecular weight excluding hydrogens is 316 g/mol. The van der Waals surface area contributed by atoms with Crippen LogP contribution in [0.15, 0.2) is 0 Å². The van der Waals surface area contributed by atoms with Gasteiger partial charge in [0.25, 0.3) is 0 Å². The smallest absolute Gasteiger partial charge is 0.198 e. The first kappa shape index (κ1) is 18.4. The van der Waals surface area contributed by atoms with E-state index in [2.05, 4.69) is 0 Å². The Morgan fingerprint density at radius 3 is 1.63 bits per heavy atom. The molecule has 0 aromatic rings. The Balaban J connectivity index is 4.64. The molecule has 19 heavy (non-hydrogen) atoms. The highest BCUT2D eigenvalue weighted by Crippen LogP contribution is 2.43. The molecule has 12 heteroatoms. The topological polar surface area (TPSA) is 43.4 Å². The lowest BCUT2D eigenvalue weighted by Crippen LogP contribution is -2.47. The van der Waals surface area contributed by atoms with Gasteiger partial charge in [-0.05, 0) is 17.4 Å². The van der Waals surface area contributed by atoms with Crippen LogP contribution in [0.5, 0.6) is 0 Å². The van der Waals surface area contributed by atoms with Crippen LogP contribution in [-0.4, -0.2) is 25.8 Å². The summed E-state index contributed by atoms with van der Waals surface area (Å²) in [4.78, 5) is 0. The zero-order valence-electron chi connectivity index (χ0n) is 8.99. The second-order valence-corrected chi connectivity index (χ2v) is 5.11. The molecule has 0 N–H and O–H groups in total. The highest BCUT2D eigenvalue weighted by Gasteiger charge is 2.66. The highest BCUT2D eigenvalue weighted by molar-refractivity contribution is 7.87. The predicted molar refractivity (Wildman–Crippen MR) is 45.5 cm³/mol. The number of hydrogen-bond donors (Lipinski definition) is 0. The van der Waals surface area contributed by atoms with Gasteiger partial charge in [0.2, 0.25) is 0 Å². The van der Waals surface area contributed by atoms with Gasteiger partial charge in [-0.15, -0.1) is 0 Å². The van der Waals surface area contributed by atoms with E-state index in [4.69, 9.17) is 0 Å². The zero-order chi connectivity index (χ0) is 15.5. The van der Waals surface area contributed by atoms with E-state index in [9.17, 15) is 43.7 Å². The van der Waals surface area contributed by atoms with Gasteiger partial charge in [-0.2, -0.15) is 39.2 Å². The van der Waals surface area contributed by atoms with Gasteiger partial charge in [0, 0.05) is 12.8 Å². The molecule has 0 aliphatic heterocycles. The average Bonchev–Trinajstić information content (AvgIpc) is 2.22. The van der Waals surface area contributed by atoms with Gasteiger partial charge in [-0.3, -0.25) is 0 Å². The van der Waals surface area contributed by atoms with Crippen LogP contribution in [0.2, 0.25) is 0 Å². The minimum absolute atomic E-state index is 0.897. The Hall–Kier alpha value is -0.650. The molecule has 0 aromatic heterocycles. The van der Waals surface area contributed by atoms with Crippen molar-refractivity contribution in [2.75, 3.05) is 0 Å². The van der Waals surface area contributed by atoms with Crippen molar-refractivity contribution in [3.05, 3.63) is 0 Å². The number of alkyl halides is 7. The summed E-state index contributed by atoms with van der Waals surface area (Å²) in [6.07, 6.45) is -9.92. The van der Waals surface area contributed by atoms with Gasteiger partial charge < -0.3 is 0 Å². The molecule has 0 saturated heterocycles. The van der Waals surface area contributed by atoms with Crippen molar-refractivity contribution in [3.63, 3.8) is 0 Å². The van der Waals surface area contributed by atoms with Gasteiger partial charge in [-0.25, -0.2) is 0 Å². The molecule has 0 atom stereocenters. The van der Waals surface area contributed by atoms with Crippen molar-refractivity contribution >= 4 is 10.1 Å². The molecule has 0 rings (SSSR count). The van der Waals surface area contributed by atoms with Crippen molar-refractivity contribution in [2.45, 2.75) is 43.0 Å². The van der Waals surface area contributed by atoms with Crippen LogP contribution in [0.25, 0.3) is 0 Å². The second kappa shape index (κ2) is 5.77. The highest BCUT2D eigenvalue weighted by atomic mass is 32.2. The van der Waals surface area contributed by atoms with E-state index in [1.807, 2.05) is 4.39 Å². The van der Waals surface area contributed by atoms with Crippen molar-refractivity contribution < 1.29 is 48.1 Å². The van der Waals surface area contributed by atoms with Crippen molar-refractivity contribution in [3.8, 4) is 0 Å². The fourth-order valence-corrected chi connectivity index (χ4v) is 1.59. The molecule has 0 spiro atoms. The van der Waals surface area contributed by atoms with Crippen LogP contribution in [0, 0.1) is 0 Å². The quantitative estimate of drug-likeness (QED) is 0.531. The first-order chi connectivity index (χ1) is 8.27. The number of halogens is 8. The minimum atomic E-state index is -6.49. The average molecular weight is 324 g/mol. The maximum Gasteiger partial charge on any atom is 0.434 e. The van der Waals surface area contributed by atoms with E-state index in [-0.39, 0.29) is 0 Å². The zero-order valence-corrected chi connectivity index (χ0v) is 9.80. The number of unbranched alkanes of at least 4 members (excludes halogenated alkanes) is 1. The minimum Gasteiger partial charge on any atom is -0.198 e. The van der Waals surface area contributed by atoms with Crippen LogP contribution in [-0.2, 0) is 14.5 Å². The van der Waals surface area contributed by atoms with E-state index in [1.165, 1.54) is 0 Å². The monoisotopic (exact) mass is 324 g/mol. The first-order valence-corrected chi connectivity index (χ1v) is 6.05. The second-order valence-electron chi connectivity index (χ2n) is 3.56. The number of hydrogen-bond acceptors (Lipinski definition) is 3. The molecule has 0 saturated carbocycles. The van der Waals surface area contributed by atoms with Gasteiger partial charge in [0.15, 0.2) is 0 Å².